The van der Waals surface area contributed by atoms with E-state index in [-0.39, 0.29) is 73.9 Å². The number of rotatable bonds is 12. The van der Waals surface area contributed by atoms with Crippen molar-refractivity contribution in [3.63, 3.8) is 0 Å². The van der Waals surface area contributed by atoms with Crippen molar-refractivity contribution in [2.45, 2.75) is 98.8 Å². The monoisotopic (exact) mass is 884 g/mol. The van der Waals surface area contributed by atoms with Crippen LogP contribution in [0.1, 0.15) is 79.4 Å². The number of aromatic nitrogens is 6. The van der Waals surface area contributed by atoms with Crippen LogP contribution in [0.2, 0.25) is 0 Å². The number of aliphatic hydroxyl groups is 3. The van der Waals surface area contributed by atoms with Crippen LogP contribution in [0.5, 0.6) is 0 Å². The van der Waals surface area contributed by atoms with Crippen LogP contribution in [-0.4, -0.2) is 86.0 Å². The summed E-state index contributed by atoms with van der Waals surface area (Å²) in [6.07, 6.45) is 0.479. The van der Waals surface area contributed by atoms with Gasteiger partial charge >= 0.3 is 18.3 Å². The second kappa shape index (κ2) is 18.6. The Bertz CT molecular complexity index is 2310. The topological polar surface area (TPSA) is 269 Å². The molecule has 0 saturated heterocycles. The number of amides is 3. The van der Waals surface area contributed by atoms with Gasteiger partial charge in [-0.15, -0.1) is 0 Å². The van der Waals surface area contributed by atoms with Gasteiger partial charge in [-0.25, -0.2) is 29.3 Å². The highest BCUT2D eigenvalue weighted by Crippen LogP contribution is 2.37. The lowest BCUT2D eigenvalue weighted by Crippen LogP contribution is -2.53. The van der Waals surface area contributed by atoms with E-state index in [0.717, 1.165) is 14.7 Å². The summed E-state index contributed by atoms with van der Waals surface area (Å²) in [6, 6.07) is 14.0. The highest BCUT2D eigenvalue weighted by atomic mass is 17.2. The van der Waals surface area contributed by atoms with Gasteiger partial charge in [0.2, 0.25) is 5.39 Å². The molecule has 0 aromatic carbocycles. The third-order valence-corrected chi connectivity index (χ3v) is 8.97. The van der Waals surface area contributed by atoms with Crippen LogP contribution in [-0.2, 0) is 34.3 Å². The molecular formula is C42H48N10O12. The molecule has 0 aliphatic heterocycles. The Morgan fingerprint density at radius 1 is 0.500 bits per heavy atom. The highest BCUT2D eigenvalue weighted by Gasteiger charge is 2.42. The average Bonchev–Trinajstić information content (AvgIpc) is 4.02. The number of nitrogens with zero attached hydrogens (tertiary/aromatic N) is 10. The first kappa shape index (κ1) is 46.2. The molecular weight excluding hydrogens is 837 g/mol. The number of aliphatic hydroxyl groups excluding tert-OH is 3. The molecule has 3 N–H and O–H groups in total. The fraction of sp³-hybridized carbons (Fsp3) is 0.357. The third-order valence-electron chi connectivity index (χ3n) is 8.97. The summed E-state index contributed by atoms with van der Waals surface area (Å²) in [6.45, 7) is 13.7. The Labute approximate surface area is 366 Å². The van der Waals surface area contributed by atoms with Crippen LogP contribution in [0.25, 0.3) is 34.0 Å². The van der Waals surface area contributed by atoms with Gasteiger partial charge in [0.25, 0.3) is 0 Å². The summed E-state index contributed by atoms with van der Waals surface area (Å²) in [5.41, 5.74) is -2.00. The fourth-order valence-corrected chi connectivity index (χ4v) is 6.25. The van der Waals surface area contributed by atoms with Crippen molar-refractivity contribution in [1.29, 1.82) is 0 Å². The van der Waals surface area contributed by atoms with E-state index >= 15 is 0 Å². The van der Waals surface area contributed by atoms with Gasteiger partial charge in [0.1, 0.15) is 34.5 Å². The van der Waals surface area contributed by atoms with Crippen LogP contribution >= 0.6 is 0 Å². The van der Waals surface area contributed by atoms with Gasteiger partial charge in [0.15, 0.2) is 17.3 Å². The summed E-state index contributed by atoms with van der Waals surface area (Å²) >= 11 is 0. The molecule has 6 aromatic heterocycles. The van der Waals surface area contributed by atoms with Gasteiger partial charge in [-0.3, -0.25) is 29.2 Å². The molecule has 22 heteroatoms. The Morgan fingerprint density at radius 2 is 0.766 bits per heavy atom. The second-order valence-corrected chi connectivity index (χ2v) is 17.0. The summed E-state index contributed by atoms with van der Waals surface area (Å²) in [7, 11) is 0. The van der Waals surface area contributed by atoms with E-state index < -0.39 is 54.7 Å². The standard InChI is InChI=1S/C42H48N10O12/c1-40(2,3)49(34-28(13-10-16-43-34)31-19-25(22-53)46-59-31)37(56)62-52(63-38(57)50(41(4,5)6)35-29(14-11-17-44-35)32-20-26(23-54)47-60-32)64-39(58)51(42(7,8)9)36-30(15-12-18-45-36)33-21-27(24-55)48-61-33/h10-21,53-55H,22-24H2,1-9H3. The molecule has 3 amide bonds. The SMILES string of the molecule is CC(C)(C)N(C(=O)ON(OC(=O)N(c1ncccc1-c1cc(CO)no1)C(C)(C)C)OC(=O)N(c1ncccc1-c1cc(CO)no1)C(C)(C)C)c1ncccc1-c1cc(CO)no1. The van der Waals surface area contributed by atoms with E-state index in [4.69, 9.17) is 28.1 Å². The number of hydrogen-bond donors (Lipinski definition) is 3. The first-order valence-corrected chi connectivity index (χ1v) is 19.7. The van der Waals surface area contributed by atoms with Gasteiger partial charge in [-0.2, -0.15) is 0 Å². The van der Waals surface area contributed by atoms with Crippen molar-refractivity contribution in [2.24, 2.45) is 0 Å². The largest absolute Gasteiger partial charge is 0.440 e. The minimum atomic E-state index is -1.26. The molecule has 0 saturated carbocycles. The fourth-order valence-electron chi connectivity index (χ4n) is 6.25. The molecule has 6 heterocycles. The van der Waals surface area contributed by atoms with E-state index in [2.05, 4.69) is 30.4 Å². The molecule has 22 nitrogen and oxygen atoms in total. The Balaban J connectivity index is 1.44. The Hall–Kier alpha value is -7.27. The quantitative estimate of drug-likeness (QED) is 0.105. The van der Waals surface area contributed by atoms with Crippen molar-refractivity contribution >= 4 is 35.7 Å². The molecule has 0 radical (unpaired) electrons. The molecule has 6 aromatic rings. The molecule has 0 spiro atoms. The molecule has 0 unspecified atom stereocenters. The van der Waals surface area contributed by atoms with Crippen LogP contribution in [0.4, 0.5) is 31.8 Å². The van der Waals surface area contributed by atoms with Crippen molar-refractivity contribution < 1.29 is 57.8 Å². The van der Waals surface area contributed by atoms with Crippen LogP contribution in [0, 0.1) is 0 Å². The predicted octanol–water partition coefficient (Wildman–Crippen LogP) is 6.99. The van der Waals surface area contributed by atoms with Crippen molar-refractivity contribution in [3.8, 4) is 34.0 Å². The normalized spacial score (nSPS) is 12.0. The molecule has 0 fully saturated rings. The zero-order valence-electron chi connectivity index (χ0n) is 36.5. The zero-order chi connectivity index (χ0) is 46.6. The summed E-state index contributed by atoms with van der Waals surface area (Å²) in [5, 5.41) is 40.5. The van der Waals surface area contributed by atoms with E-state index in [0.29, 0.717) is 0 Å². The molecule has 0 aliphatic carbocycles. The van der Waals surface area contributed by atoms with E-state index in [1.807, 2.05) is 0 Å². The zero-order valence-corrected chi connectivity index (χ0v) is 36.5. The lowest BCUT2D eigenvalue weighted by molar-refractivity contribution is -0.448. The number of carbonyl (C=O) groups excluding carboxylic acids is 3. The smallest absolute Gasteiger partial charge is 0.390 e. The maximum absolute atomic E-state index is 14.6. The van der Waals surface area contributed by atoms with Crippen molar-refractivity contribution in [3.05, 3.63) is 90.3 Å². The molecule has 6 rings (SSSR count). The number of carbonyl (C=O) groups is 3. The lowest BCUT2D eigenvalue weighted by Gasteiger charge is -2.37. The van der Waals surface area contributed by atoms with Crippen molar-refractivity contribution in [1.82, 2.24) is 35.8 Å². The minimum Gasteiger partial charge on any atom is -0.390 e. The van der Waals surface area contributed by atoms with Gasteiger partial charge in [-0.05, 0) is 98.7 Å². The number of anilines is 3. The van der Waals surface area contributed by atoms with E-state index in [1.54, 1.807) is 98.7 Å². The van der Waals surface area contributed by atoms with Crippen LogP contribution in [0.15, 0.2) is 86.8 Å². The molecule has 64 heavy (non-hydrogen) atoms. The second-order valence-electron chi connectivity index (χ2n) is 17.0. The number of pyridine rings is 3. The summed E-state index contributed by atoms with van der Waals surface area (Å²) < 4.78 is 16.4. The molecule has 338 valence electrons. The lowest BCUT2D eigenvalue weighted by atomic mass is 10.0. The first-order chi connectivity index (χ1) is 30.2. The van der Waals surface area contributed by atoms with E-state index in [1.165, 1.54) is 36.8 Å². The summed E-state index contributed by atoms with van der Waals surface area (Å²) in [4.78, 5) is 77.7. The highest BCUT2D eigenvalue weighted by molar-refractivity contribution is 5.95. The van der Waals surface area contributed by atoms with Crippen molar-refractivity contribution in [2.75, 3.05) is 14.7 Å². The van der Waals surface area contributed by atoms with Crippen LogP contribution < -0.4 is 14.7 Å². The Morgan fingerprint density at radius 3 is 0.984 bits per heavy atom. The molecule has 0 atom stereocenters. The maximum atomic E-state index is 14.6. The van der Waals surface area contributed by atoms with Crippen LogP contribution in [0.3, 0.4) is 0 Å². The van der Waals surface area contributed by atoms with Gasteiger partial charge in [0, 0.05) is 53.4 Å². The molecule has 0 bridgehead atoms. The first-order valence-electron chi connectivity index (χ1n) is 19.7. The number of hydrogen-bond acceptors (Lipinski definition) is 19. The van der Waals surface area contributed by atoms with Gasteiger partial charge in [-0.1, -0.05) is 15.5 Å². The predicted molar refractivity (Wildman–Crippen MR) is 225 cm³/mol. The minimum absolute atomic E-state index is 0.00857. The Kier molecular flexibility index (Phi) is 13.4. The third kappa shape index (κ3) is 10.2. The van der Waals surface area contributed by atoms with E-state index in [9.17, 15) is 29.7 Å². The maximum Gasteiger partial charge on any atom is 0.440 e. The summed E-state index contributed by atoms with van der Waals surface area (Å²) in [5.74, 6) is 0.429. The van der Waals surface area contributed by atoms with Gasteiger partial charge < -0.3 is 28.9 Å². The average molecular weight is 885 g/mol. The molecule has 0 aliphatic rings. The van der Waals surface area contributed by atoms with Gasteiger partial charge in [0.05, 0.1) is 36.5 Å².